The summed E-state index contributed by atoms with van der Waals surface area (Å²) in [7, 11) is 0. The van der Waals surface area contributed by atoms with Crippen LogP contribution >= 0.6 is 0 Å². The van der Waals surface area contributed by atoms with Crippen LogP contribution in [-0.2, 0) is 4.74 Å². The van der Waals surface area contributed by atoms with Crippen LogP contribution in [0, 0.1) is 5.82 Å². The van der Waals surface area contributed by atoms with E-state index in [2.05, 4.69) is 16.6 Å². The molecule has 1 amide bonds. The van der Waals surface area contributed by atoms with E-state index in [-0.39, 0.29) is 11.9 Å². The third-order valence-corrected chi connectivity index (χ3v) is 5.82. The van der Waals surface area contributed by atoms with Crippen LogP contribution in [0.3, 0.4) is 0 Å². The molecule has 1 saturated heterocycles. The molecule has 36 heavy (non-hydrogen) atoms. The van der Waals surface area contributed by atoms with Crippen molar-refractivity contribution < 1.29 is 13.9 Å². The number of aliphatic imine (C=N–C) groups is 2. The lowest BCUT2D eigenvalue weighted by Gasteiger charge is -2.36. The molecular formula is C29H31FN4O2. The standard InChI is InChI=1S/C29H31FN4O2/c1-29(2,3)36-28(35)34-17-15-33(16-18-34)25-13-11-24(12-14-25)32-27-22(20-31-4)8-6-10-26(27)21-7-5-9-23(30)19-21/h5-14,19-20H,4,15-18H2,1-3H3/b22-20-,32-27+. The van der Waals surface area contributed by atoms with Crippen LogP contribution in [0.4, 0.5) is 20.6 Å². The number of hydrogen-bond acceptors (Lipinski definition) is 5. The minimum Gasteiger partial charge on any atom is -0.444 e. The van der Waals surface area contributed by atoms with Crippen LogP contribution in [0.25, 0.3) is 5.57 Å². The highest BCUT2D eigenvalue weighted by Gasteiger charge is 2.26. The van der Waals surface area contributed by atoms with E-state index in [0.29, 0.717) is 18.8 Å². The van der Waals surface area contributed by atoms with Crippen LogP contribution in [0.5, 0.6) is 0 Å². The second-order valence-corrected chi connectivity index (χ2v) is 9.65. The van der Waals surface area contributed by atoms with Crippen molar-refractivity contribution in [3.8, 4) is 0 Å². The Bertz CT molecular complexity index is 1240. The van der Waals surface area contributed by atoms with E-state index >= 15 is 0 Å². The average molecular weight is 487 g/mol. The number of carbonyl (C=O) groups is 1. The van der Waals surface area contributed by atoms with Gasteiger partial charge in [-0.3, -0.25) is 4.99 Å². The van der Waals surface area contributed by atoms with E-state index in [1.54, 1.807) is 17.2 Å². The average Bonchev–Trinajstić information content (AvgIpc) is 2.85. The number of allylic oxidation sites excluding steroid dienone is 5. The predicted octanol–water partition coefficient (Wildman–Crippen LogP) is 6.19. The number of piperazine rings is 1. The first kappa shape index (κ1) is 25.1. The first-order valence-corrected chi connectivity index (χ1v) is 12.0. The summed E-state index contributed by atoms with van der Waals surface area (Å²) in [5.41, 5.74) is 4.40. The van der Waals surface area contributed by atoms with Gasteiger partial charge in [-0.15, -0.1) is 0 Å². The Labute approximate surface area is 211 Å². The lowest BCUT2D eigenvalue weighted by atomic mass is 9.92. The molecule has 4 rings (SSSR count). The molecule has 0 bridgehead atoms. The van der Waals surface area contributed by atoms with Gasteiger partial charge in [-0.2, -0.15) is 0 Å². The molecule has 1 aliphatic heterocycles. The Morgan fingerprint density at radius 2 is 1.81 bits per heavy atom. The molecule has 0 spiro atoms. The Hall–Kier alpha value is -4.00. The zero-order valence-corrected chi connectivity index (χ0v) is 20.9. The summed E-state index contributed by atoms with van der Waals surface area (Å²) >= 11 is 0. The van der Waals surface area contributed by atoms with Gasteiger partial charge in [-0.25, -0.2) is 14.2 Å². The van der Waals surface area contributed by atoms with Crippen LogP contribution < -0.4 is 4.90 Å². The molecular weight excluding hydrogens is 455 g/mol. The lowest BCUT2D eigenvalue weighted by Crippen LogP contribution is -2.50. The number of nitrogens with zero attached hydrogens (tertiary/aromatic N) is 4. The maximum Gasteiger partial charge on any atom is 0.410 e. The van der Waals surface area contributed by atoms with E-state index in [1.807, 2.05) is 69.3 Å². The molecule has 186 valence electrons. The van der Waals surface area contributed by atoms with Gasteiger partial charge < -0.3 is 14.5 Å². The fraction of sp³-hybridized carbons (Fsp3) is 0.276. The second-order valence-electron chi connectivity index (χ2n) is 9.65. The van der Waals surface area contributed by atoms with E-state index in [4.69, 9.17) is 9.73 Å². The number of ether oxygens (including phenoxy) is 1. The van der Waals surface area contributed by atoms with Gasteiger partial charge in [0.05, 0.1) is 11.4 Å². The van der Waals surface area contributed by atoms with Crippen LogP contribution in [-0.4, -0.2) is 55.2 Å². The summed E-state index contributed by atoms with van der Waals surface area (Å²) in [6.07, 6.45) is 7.12. The minimum atomic E-state index is -0.500. The van der Waals surface area contributed by atoms with Gasteiger partial charge in [-0.05, 0) is 69.5 Å². The Morgan fingerprint density at radius 1 is 1.08 bits per heavy atom. The van der Waals surface area contributed by atoms with Crippen molar-refractivity contribution in [2.75, 3.05) is 31.1 Å². The van der Waals surface area contributed by atoms with Gasteiger partial charge in [0.2, 0.25) is 0 Å². The van der Waals surface area contributed by atoms with Gasteiger partial charge in [0.25, 0.3) is 0 Å². The summed E-state index contributed by atoms with van der Waals surface area (Å²) in [5.74, 6) is -0.300. The van der Waals surface area contributed by atoms with Crippen molar-refractivity contribution >= 4 is 35.5 Å². The molecule has 2 aliphatic rings. The normalized spacial score (nSPS) is 18.4. The van der Waals surface area contributed by atoms with Gasteiger partial charge in [-0.1, -0.05) is 30.4 Å². The molecule has 0 radical (unpaired) electrons. The summed E-state index contributed by atoms with van der Waals surface area (Å²) < 4.78 is 19.4. The predicted molar refractivity (Wildman–Crippen MR) is 145 cm³/mol. The fourth-order valence-corrected chi connectivity index (χ4v) is 4.12. The molecule has 0 saturated carbocycles. The number of amides is 1. The Balaban J connectivity index is 1.51. The number of hydrogen-bond donors (Lipinski definition) is 0. The monoisotopic (exact) mass is 486 g/mol. The maximum atomic E-state index is 13.9. The summed E-state index contributed by atoms with van der Waals surface area (Å²) in [5, 5.41) is 0. The third kappa shape index (κ3) is 6.16. The Morgan fingerprint density at radius 3 is 2.44 bits per heavy atom. The first-order valence-electron chi connectivity index (χ1n) is 12.0. The molecule has 0 N–H and O–H groups in total. The largest absolute Gasteiger partial charge is 0.444 e. The van der Waals surface area contributed by atoms with Crippen LogP contribution in [0.15, 0.2) is 88.5 Å². The number of anilines is 1. The number of carbonyl (C=O) groups excluding carboxylic acids is 1. The smallest absolute Gasteiger partial charge is 0.410 e. The molecule has 7 heteroatoms. The highest BCUT2D eigenvalue weighted by Crippen LogP contribution is 2.29. The minimum absolute atomic E-state index is 0.269. The molecule has 0 atom stereocenters. The molecule has 1 fully saturated rings. The third-order valence-electron chi connectivity index (χ3n) is 5.82. The summed E-state index contributed by atoms with van der Waals surface area (Å²) in [6.45, 7) is 11.9. The molecule has 1 heterocycles. The van der Waals surface area contributed by atoms with E-state index in [9.17, 15) is 9.18 Å². The molecule has 2 aromatic carbocycles. The van der Waals surface area contributed by atoms with E-state index in [1.165, 1.54) is 12.1 Å². The van der Waals surface area contributed by atoms with Crippen molar-refractivity contribution in [1.29, 1.82) is 0 Å². The van der Waals surface area contributed by atoms with Crippen molar-refractivity contribution in [2.45, 2.75) is 26.4 Å². The van der Waals surface area contributed by atoms with Crippen LogP contribution in [0.2, 0.25) is 0 Å². The second kappa shape index (κ2) is 10.7. The fourth-order valence-electron chi connectivity index (χ4n) is 4.12. The first-order chi connectivity index (χ1) is 17.2. The van der Waals surface area contributed by atoms with Gasteiger partial charge in [0, 0.05) is 49.2 Å². The molecule has 0 unspecified atom stereocenters. The summed E-state index contributed by atoms with van der Waals surface area (Å²) in [4.78, 5) is 25.1. The van der Waals surface area contributed by atoms with E-state index < -0.39 is 5.60 Å². The molecule has 2 aromatic rings. The number of benzene rings is 2. The highest BCUT2D eigenvalue weighted by molar-refractivity contribution is 6.34. The van der Waals surface area contributed by atoms with Gasteiger partial charge >= 0.3 is 6.09 Å². The zero-order chi connectivity index (χ0) is 25.7. The number of rotatable bonds is 4. The van der Waals surface area contributed by atoms with Crippen molar-refractivity contribution in [2.24, 2.45) is 9.98 Å². The van der Waals surface area contributed by atoms with Crippen LogP contribution in [0.1, 0.15) is 26.3 Å². The van der Waals surface area contributed by atoms with Crippen molar-refractivity contribution in [3.63, 3.8) is 0 Å². The topological polar surface area (TPSA) is 57.5 Å². The maximum absolute atomic E-state index is 13.9. The van der Waals surface area contributed by atoms with Crippen molar-refractivity contribution in [3.05, 3.63) is 89.9 Å². The zero-order valence-electron chi connectivity index (χ0n) is 20.9. The van der Waals surface area contributed by atoms with E-state index in [0.717, 1.165) is 41.2 Å². The molecule has 1 aliphatic carbocycles. The quantitative estimate of drug-likeness (QED) is 0.484. The van der Waals surface area contributed by atoms with Gasteiger partial charge in [0.1, 0.15) is 11.4 Å². The number of halogens is 1. The molecule has 6 nitrogen and oxygen atoms in total. The highest BCUT2D eigenvalue weighted by atomic mass is 19.1. The summed E-state index contributed by atoms with van der Waals surface area (Å²) in [6, 6.07) is 14.5. The SMILES string of the molecule is C=N/C=C1/C=CC=C(c2cccc(F)c2)/C1=N/c1ccc(N2CCN(C(=O)OC(C)(C)C)CC2)cc1. The Kier molecular flexibility index (Phi) is 7.48. The lowest BCUT2D eigenvalue weighted by molar-refractivity contribution is 0.0240. The molecule has 0 aromatic heterocycles. The van der Waals surface area contributed by atoms with Gasteiger partial charge in [0.15, 0.2) is 0 Å². The van der Waals surface area contributed by atoms with Crippen molar-refractivity contribution in [1.82, 2.24) is 4.90 Å².